The van der Waals surface area contributed by atoms with E-state index in [2.05, 4.69) is 15.3 Å². The van der Waals surface area contributed by atoms with Gasteiger partial charge >= 0.3 is 0 Å². The molecule has 1 aromatic rings. The number of rotatable bonds is 8. The molecule has 1 aromatic heterocycles. The van der Waals surface area contributed by atoms with Crippen molar-refractivity contribution in [3.63, 3.8) is 0 Å². The predicted octanol–water partition coefficient (Wildman–Crippen LogP) is 1.69. The smallest absolute Gasteiger partial charge is 0.254 e. The molecule has 18 heavy (non-hydrogen) atoms. The van der Waals surface area contributed by atoms with Crippen LogP contribution in [0.5, 0.6) is 0 Å². The number of carbonyl (C=O) groups is 2. The van der Waals surface area contributed by atoms with Gasteiger partial charge in [0.25, 0.3) is 5.91 Å². The van der Waals surface area contributed by atoms with Gasteiger partial charge in [-0.25, -0.2) is 9.97 Å². The molecule has 6 heteroatoms. The Morgan fingerprint density at radius 1 is 1.33 bits per heavy atom. The molecule has 0 atom stereocenters. The maximum absolute atomic E-state index is 11.7. The molecule has 0 aliphatic carbocycles. The Hall–Kier alpha value is -1.43. The third-order valence-electron chi connectivity index (χ3n) is 2.36. The molecule has 0 bridgehead atoms. The maximum Gasteiger partial charge on any atom is 0.254 e. The Kier molecular flexibility index (Phi) is 7.01. The molecule has 0 unspecified atom stereocenters. The minimum atomic E-state index is -0.155. The molecule has 1 heterocycles. The van der Waals surface area contributed by atoms with Crippen molar-refractivity contribution in [2.75, 3.05) is 12.8 Å². The number of hydrogen-bond donors (Lipinski definition) is 1. The second kappa shape index (κ2) is 8.63. The quantitative estimate of drug-likeness (QED) is 0.336. The number of unbranched alkanes of at least 4 members (excludes halogenated alkanes) is 3. The minimum Gasteiger partial charge on any atom is -0.352 e. The van der Waals surface area contributed by atoms with Gasteiger partial charge in [-0.05, 0) is 19.1 Å². The molecule has 0 radical (unpaired) electrons. The summed E-state index contributed by atoms with van der Waals surface area (Å²) in [4.78, 5) is 29.9. The van der Waals surface area contributed by atoms with Crippen molar-refractivity contribution in [2.24, 2.45) is 0 Å². The van der Waals surface area contributed by atoms with E-state index in [0.29, 0.717) is 23.7 Å². The number of hydrogen-bond acceptors (Lipinski definition) is 5. The molecule has 0 fully saturated rings. The van der Waals surface area contributed by atoms with Gasteiger partial charge in [-0.2, -0.15) is 0 Å². The number of amides is 1. The molecule has 0 saturated carbocycles. The first kappa shape index (κ1) is 14.6. The van der Waals surface area contributed by atoms with Crippen molar-refractivity contribution in [3.8, 4) is 0 Å². The Bertz CT molecular complexity index is 381. The van der Waals surface area contributed by atoms with E-state index in [9.17, 15) is 9.59 Å². The lowest BCUT2D eigenvalue weighted by Crippen LogP contribution is -2.24. The van der Waals surface area contributed by atoms with Gasteiger partial charge in [0, 0.05) is 25.4 Å². The van der Waals surface area contributed by atoms with Gasteiger partial charge in [-0.15, -0.1) is 0 Å². The van der Waals surface area contributed by atoms with E-state index in [4.69, 9.17) is 0 Å². The van der Waals surface area contributed by atoms with Gasteiger partial charge in [0.05, 0.1) is 5.56 Å². The molecule has 0 aliphatic heterocycles. The minimum absolute atomic E-state index is 0.155. The summed E-state index contributed by atoms with van der Waals surface area (Å²) in [7, 11) is 0. The van der Waals surface area contributed by atoms with Crippen LogP contribution in [0, 0.1) is 0 Å². The second-order valence-electron chi connectivity index (χ2n) is 3.73. The van der Waals surface area contributed by atoms with E-state index in [1.807, 2.05) is 6.26 Å². The zero-order valence-corrected chi connectivity index (χ0v) is 11.2. The number of thioether (sulfide) groups is 1. The molecular formula is C12H17N3O2S. The third kappa shape index (κ3) is 5.27. The number of nitrogens with one attached hydrogen (secondary N) is 1. The van der Waals surface area contributed by atoms with E-state index < -0.39 is 0 Å². The standard InChI is InChI=1S/C12H17N3O2S/c1-18-12-14-8-10(9-15-12)11(17)13-6-4-2-3-5-7-16/h7-9H,2-6H2,1H3,(H,13,17). The number of aromatic nitrogens is 2. The largest absolute Gasteiger partial charge is 0.352 e. The molecule has 0 aromatic carbocycles. The monoisotopic (exact) mass is 267 g/mol. The van der Waals surface area contributed by atoms with Gasteiger partial charge in [0.1, 0.15) is 6.29 Å². The number of aldehydes is 1. The topological polar surface area (TPSA) is 72.0 Å². The summed E-state index contributed by atoms with van der Waals surface area (Å²) in [6, 6.07) is 0. The van der Waals surface area contributed by atoms with Crippen LogP contribution >= 0.6 is 11.8 Å². The van der Waals surface area contributed by atoms with Crippen LogP contribution in [0.2, 0.25) is 0 Å². The van der Waals surface area contributed by atoms with Gasteiger partial charge in [0.15, 0.2) is 5.16 Å². The summed E-state index contributed by atoms with van der Waals surface area (Å²) >= 11 is 1.44. The van der Waals surface area contributed by atoms with E-state index in [-0.39, 0.29) is 5.91 Å². The maximum atomic E-state index is 11.7. The van der Waals surface area contributed by atoms with Crippen LogP contribution in [-0.4, -0.2) is 35.0 Å². The first-order valence-electron chi connectivity index (χ1n) is 5.85. The summed E-state index contributed by atoms with van der Waals surface area (Å²) in [5.74, 6) is -0.155. The zero-order chi connectivity index (χ0) is 13.2. The Labute approximate surface area is 111 Å². The molecule has 0 saturated heterocycles. The van der Waals surface area contributed by atoms with Gasteiger partial charge in [-0.1, -0.05) is 18.2 Å². The lowest BCUT2D eigenvalue weighted by molar-refractivity contribution is -0.107. The van der Waals surface area contributed by atoms with E-state index in [1.165, 1.54) is 24.2 Å². The van der Waals surface area contributed by atoms with Crippen LogP contribution < -0.4 is 5.32 Å². The van der Waals surface area contributed by atoms with Crippen LogP contribution in [0.25, 0.3) is 0 Å². The average molecular weight is 267 g/mol. The fraction of sp³-hybridized carbons (Fsp3) is 0.500. The fourth-order valence-electron chi connectivity index (χ4n) is 1.37. The van der Waals surface area contributed by atoms with Crippen molar-refractivity contribution in [3.05, 3.63) is 18.0 Å². The highest BCUT2D eigenvalue weighted by Crippen LogP contribution is 2.06. The highest BCUT2D eigenvalue weighted by atomic mass is 32.2. The molecular weight excluding hydrogens is 250 g/mol. The van der Waals surface area contributed by atoms with Crippen molar-refractivity contribution in [2.45, 2.75) is 30.8 Å². The fourth-order valence-corrected chi connectivity index (χ4v) is 1.69. The predicted molar refractivity (Wildman–Crippen MR) is 70.7 cm³/mol. The van der Waals surface area contributed by atoms with E-state index in [1.54, 1.807) is 0 Å². The summed E-state index contributed by atoms with van der Waals surface area (Å²) < 4.78 is 0. The summed E-state index contributed by atoms with van der Waals surface area (Å²) in [5, 5.41) is 3.45. The second-order valence-corrected chi connectivity index (χ2v) is 4.50. The number of nitrogens with zero attached hydrogens (tertiary/aromatic N) is 2. The first-order chi connectivity index (χ1) is 8.77. The van der Waals surface area contributed by atoms with Crippen molar-refractivity contribution >= 4 is 24.0 Å². The van der Waals surface area contributed by atoms with Gasteiger partial charge < -0.3 is 10.1 Å². The zero-order valence-electron chi connectivity index (χ0n) is 10.4. The van der Waals surface area contributed by atoms with Crippen molar-refractivity contribution in [1.29, 1.82) is 0 Å². The Morgan fingerprint density at radius 3 is 2.67 bits per heavy atom. The van der Waals surface area contributed by atoms with Crippen LogP contribution in [-0.2, 0) is 4.79 Å². The average Bonchev–Trinajstić information content (AvgIpc) is 2.42. The molecule has 98 valence electrons. The normalized spacial score (nSPS) is 10.1. The Morgan fingerprint density at radius 2 is 2.06 bits per heavy atom. The highest BCUT2D eigenvalue weighted by Gasteiger charge is 2.05. The van der Waals surface area contributed by atoms with Crippen molar-refractivity contribution in [1.82, 2.24) is 15.3 Å². The molecule has 1 N–H and O–H groups in total. The summed E-state index contributed by atoms with van der Waals surface area (Å²) in [6.07, 6.45) is 9.16. The van der Waals surface area contributed by atoms with Crippen molar-refractivity contribution < 1.29 is 9.59 Å². The van der Waals surface area contributed by atoms with Crippen LogP contribution in [0.15, 0.2) is 17.6 Å². The molecule has 1 amide bonds. The van der Waals surface area contributed by atoms with Gasteiger partial charge in [0.2, 0.25) is 0 Å². The lowest BCUT2D eigenvalue weighted by atomic mass is 10.2. The van der Waals surface area contributed by atoms with Crippen LogP contribution in [0.4, 0.5) is 0 Å². The van der Waals surface area contributed by atoms with Crippen LogP contribution in [0.3, 0.4) is 0 Å². The molecule has 5 nitrogen and oxygen atoms in total. The third-order valence-corrected chi connectivity index (χ3v) is 2.93. The Balaban J connectivity index is 2.25. The molecule has 0 aliphatic rings. The SMILES string of the molecule is CSc1ncc(C(=O)NCCCCCC=O)cn1. The van der Waals surface area contributed by atoms with Gasteiger partial charge in [-0.3, -0.25) is 4.79 Å². The van der Waals surface area contributed by atoms with Crippen LogP contribution in [0.1, 0.15) is 36.0 Å². The van der Waals surface area contributed by atoms with E-state index in [0.717, 1.165) is 25.5 Å². The summed E-state index contributed by atoms with van der Waals surface area (Å²) in [5.41, 5.74) is 0.473. The lowest BCUT2D eigenvalue weighted by Gasteiger charge is -2.04. The summed E-state index contributed by atoms with van der Waals surface area (Å²) in [6.45, 7) is 0.613. The highest BCUT2D eigenvalue weighted by molar-refractivity contribution is 7.98. The molecule has 1 rings (SSSR count). The van der Waals surface area contributed by atoms with E-state index >= 15 is 0 Å². The number of carbonyl (C=O) groups excluding carboxylic acids is 2. The molecule has 0 spiro atoms. The first-order valence-corrected chi connectivity index (χ1v) is 7.08.